The molecule has 0 atom stereocenters. The van der Waals surface area contributed by atoms with E-state index in [1.807, 2.05) is 6.92 Å². The van der Waals surface area contributed by atoms with Crippen molar-refractivity contribution in [3.05, 3.63) is 47.5 Å². The van der Waals surface area contributed by atoms with Crippen LogP contribution in [0.2, 0.25) is 0 Å². The molecule has 2 aromatic rings. The molecule has 0 bridgehead atoms. The highest BCUT2D eigenvalue weighted by molar-refractivity contribution is 5.92. The lowest BCUT2D eigenvalue weighted by atomic mass is 10.1. The van der Waals surface area contributed by atoms with Crippen LogP contribution < -0.4 is 5.32 Å². The third-order valence-corrected chi connectivity index (χ3v) is 4.55. The number of hydrogen-bond acceptors (Lipinski definition) is 4. The number of aryl methyl sites for hydroxylation is 1. The van der Waals surface area contributed by atoms with Gasteiger partial charge in [-0.15, -0.1) is 0 Å². The van der Waals surface area contributed by atoms with Gasteiger partial charge in [0.15, 0.2) is 5.69 Å². The Hall–Kier alpha value is -2.90. The molecular weight excluding hydrogens is 351 g/mol. The maximum Gasteiger partial charge on any atom is 0.409 e. The quantitative estimate of drug-likeness (QED) is 0.893. The number of rotatable bonds is 4. The van der Waals surface area contributed by atoms with E-state index in [0.717, 1.165) is 5.69 Å². The zero-order chi connectivity index (χ0) is 19.4. The molecule has 1 fully saturated rings. The number of piperidine rings is 1. The Kier molecular flexibility index (Phi) is 5.73. The third kappa shape index (κ3) is 4.45. The number of amides is 2. The van der Waals surface area contributed by atoms with E-state index in [4.69, 9.17) is 4.74 Å². The predicted octanol–water partition coefficient (Wildman–Crippen LogP) is 2.67. The van der Waals surface area contributed by atoms with E-state index in [1.165, 1.54) is 12.1 Å². The first kappa shape index (κ1) is 18.9. The highest BCUT2D eigenvalue weighted by Gasteiger charge is 2.25. The monoisotopic (exact) mass is 374 g/mol. The van der Waals surface area contributed by atoms with Crippen molar-refractivity contribution in [3.8, 4) is 5.69 Å². The Bertz CT molecular complexity index is 811. The van der Waals surface area contributed by atoms with Gasteiger partial charge in [-0.3, -0.25) is 4.79 Å². The topological polar surface area (TPSA) is 76.5 Å². The van der Waals surface area contributed by atoms with Gasteiger partial charge in [0.25, 0.3) is 5.91 Å². The summed E-state index contributed by atoms with van der Waals surface area (Å²) in [6, 6.07) is 7.62. The van der Waals surface area contributed by atoms with Crippen LogP contribution in [-0.2, 0) is 4.74 Å². The SMILES string of the molecule is CCOC(=O)N1CCC(NC(=O)c2cc(C)n(-c3ccc(F)cc3)n2)CC1. The normalized spacial score (nSPS) is 14.9. The van der Waals surface area contributed by atoms with Gasteiger partial charge in [0.1, 0.15) is 5.82 Å². The first-order valence-corrected chi connectivity index (χ1v) is 9.03. The molecule has 0 aliphatic carbocycles. The molecule has 0 saturated carbocycles. The fourth-order valence-electron chi connectivity index (χ4n) is 3.11. The molecular formula is C19H23FN4O3. The smallest absolute Gasteiger partial charge is 0.409 e. The Balaban J connectivity index is 1.60. The van der Waals surface area contributed by atoms with Crippen molar-refractivity contribution in [3.63, 3.8) is 0 Å². The van der Waals surface area contributed by atoms with Crippen LogP contribution in [0.1, 0.15) is 35.9 Å². The van der Waals surface area contributed by atoms with Crippen molar-refractivity contribution in [2.45, 2.75) is 32.7 Å². The van der Waals surface area contributed by atoms with E-state index >= 15 is 0 Å². The Morgan fingerprint density at radius 2 is 1.93 bits per heavy atom. The maximum absolute atomic E-state index is 13.1. The number of aromatic nitrogens is 2. The van der Waals surface area contributed by atoms with Gasteiger partial charge in [-0.05, 0) is 57.0 Å². The standard InChI is InChI=1S/C19H23FN4O3/c1-3-27-19(26)23-10-8-15(9-11-23)21-18(25)17-12-13(2)24(22-17)16-6-4-14(20)5-7-16/h4-7,12,15H,3,8-11H2,1-2H3,(H,21,25). The molecule has 7 nitrogen and oxygen atoms in total. The molecule has 1 aromatic heterocycles. The second kappa shape index (κ2) is 8.20. The minimum Gasteiger partial charge on any atom is -0.450 e. The number of carbonyl (C=O) groups excluding carboxylic acids is 2. The molecule has 2 heterocycles. The Labute approximate surface area is 157 Å². The number of nitrogens with one attached hydrogen (secondary N) is 1. The molecule has 0 unspecified atom stereocenters. The van der Waals surface area contributed by atoms with Crippen LogP contribution in [0.5, 0.6) is 0 Å². The van der Waals surface area contributed by atoms with E-state index in [1.54, 1.807) is 34.7 Å². The molecule has 1 saturated heterocycles. The molecule has 2 amide bonds. The largest absolute Gasteiger partial charge is 0.450 e. The van der Waals surface area contributed by atoms with Crippen molar-refractivity contribution < 1.29 is 18.7 Å². The second-order valence-corrected chi connectivity index (χ2v) is 6.49. The lowest BCUT2D eigenvalue weighted by Gasteiger charge is -2.31. The van der Waals surface area contributed by atoms with Gasteiger partial charge in [0.05, 0.1) is 12.3 Å². The predicted molar refractivity (Wildman–Crippen MR) is 97.3 cm³/mol. The van der Waals surface area contributed by atoms with Crippen LogP contribution in [-0.4, -0.2) is 52.4 Å². The summed E-state index contributed by atoms with van der Waals surface area (Å²) < 4.78 is 19.7. The van der Waals surface area contributed by atoms with Gasteiger partial charge in [-0.25, -0.2) is 13.9 Å². The molecule has 1 aliphatic rings. The summed E-state index contributed by atoms with van der Waals surface area (Å²) in [7, 11) is 0. The van der Waals surface area contributed by atoms with E-state index in [2.05, 4.69) is 10.4 Å². The number of ether oxygens (including phenoxy) is 1. The minimum atomic E-state index is -0.323. The molecule has 144 valence electrons. The molecule has 1 aromatic carbocycles. The zero-order valence-corrected chi connectivity index (χ0v) is 15.4. The van der Waals surface area contributed by atoms with Crippen LogP contribution in [0.3, 0.4) is 0 Å². The first-order chi connectivity index (χ1) is 13.0. The van der Waals surface area contributed by atoms with Crippen molar-refractivity contribution in [1.82, 2.24) is 20.0 Å². The number of nitrogens with zero attached hydrogens (tertiary/aromatic N) is 3. The van der Waals surface area contributed by atoms with Gasteiger partial charge in [-0.2, -0.15) is 5.10 Å². The number of benzene rings is 1. The van der Waals surface area contributed by atoms with E-state index in [0.29, 0.717) is 43.9 Å². The van der Waals surface area contributed by atoms with Crippen molar-refractivity contribution in [1.29, 1.82) is 0 Å². The van der Waals surface area contributed by atoms with Crippen LogP contribution >= 0.6 is 0 Å². The third-order valence-electron chi connectivity index (χ3n) is 4.55. The van der Waals surface area contributed by atoms with Gasteiger partial charge in [0, 0.05) is 24.8 Å². The van der Waals surface area contributed by atoms with E-state index < -0.39 is 0 Å². The molecule has 8 heteroatoms. The average molecular weight is 374 g/mol. The van der Waals surface area contributed by atoms with Crippen LogP contribution in [0.15, 0.2) is 30.3 Å². The minimum absolute atomic E-state index is 0.0144. The highest BCUT2D eigenvalue weighted by atomic mass is 19.1. The summed E-state index contributed by atoms with van der Waals surface area (Å²) in [6.45, 7) is 5.06. The van der Waals surface area contributed by atoms with Crippen molar-refractivity contribution in [2.75, 3.05) is 19.7 Å². The molecule has 3 rings (SSSR count). The Morgan fingerprint density at radius 3 is 2.56 bits per heavy atom. The van der Waals surface area contributed by atoms with E-state index in [-0.39, 0.29) is 23.9 Å². The van der Waals surface area contributed by atoms with Gasteiger partial charge < -0.3 is 15.0 Å². The fraction of sp³-hybridized carbons (Fsp3) is 0.421. The number of hydrogen-bond donors (Lipinski definition) is 1. The molecule has 0 spiro atoms. The van der Waals surface area contributed by atoms with Gasteiger partial charge in [0.2, 0.25) is 0 Å². The summed E-state index contributed by atoms with van der Waals surface area (Å²) in [5.74, 6) is -0.579. The maximum atomic E-state index is 13.1. The van der Waals surface area contributed by atoms with Crippen molar-refractivity contribution >= 4 is 12.0 Å². The number of carbonyl (C=O) groups is 2. The van der Waals surface area contributed by atoms with Crippen LogP contribution in [0.25, 0.3) is 5.69 Å². The lowest BCUT2D eigenvalue weighted by Crippen LogP contribution is -2.46. The van der Waals surface area contributed by atoms with Gasteiger partial charge in [-0.1, -0.05) is 0 Å². The van der Waals surface area contributed by atoms with E-state index in [9.17, 15) is 14.0 Å². The second-order valence-electron chi connectivity index (χ2n) is 6.49. The summed E-state index contributed by atoms with van der Waals surface area (Å²) >= 11 is 0. The molecule has 0 radical (unpaired) electrons. The lowest BCUT2D eigenvalue weighted by molar-refractivity contribution is 0.0856. The number of likely N-dealkylation sites (tertiary alicyclic amines) is 1. The average Bonchev–Trinajstić information content (AvgIpc) is 3.05. The first-order valence-electron chi connectivity index (χ1n) is 9.03. The molecule has 1 N–H and O–H groups in total. The summed E-state index contributed by atoms with van der Waals surface area (Å²) in [4.78, 5) is 25.9. The Morgan fingerprint density at radius 1 is 1.26 bits per heavy atom. The van der Waals surface area contributed by atoms with Gasteiger partial charge >= 0.3 is 6.09 Å². The zero-order valence-electron chi connectivity index (χ0n) is 15.4. The van der Waals surface area contributed by atoms with Crippen molar-refractivity contribution in [2.24, 2.45) is 0 Å². The summed E-state index contributed by atoms with van der Waals surface area (Å²) in [5.41, 5.74) is 1.78. The summed E-state index contributed by atoms with van der Waals surface area (Å²) in [5, 5.41) is 7.31. The summed E-state index contributed by atoms with van der Waals surface area (Å²) in [6.07, 6.45) is 1.03. The van der Waals surface area contributed by atoms with Crippen LogP contribution in [0.4, 0.5) is 9.18 Å². The molecule has 1 aliphatic heterocycles. The molecule has 27 heavy (non-hydrogen) atoms. The van der Waals surface area contributed by atoms with Crippen LogP contribution in [0, 0.1) is 12.7 Å². The highest BCUT2D eigenvalue weighted by Crippen LogP contribution is 2.15. The number of halogens is 1. The fourth-order valence-corrected chi connectivity index (χ4v) is 3.11.